The van der Waals surface area contributed by atoms with Crippen molar-refractivity contribution in [3.05, 3.63) is 81.2 Å². The van der Waals surface area contributed by atoms with E-state index in [0.717, 1.165) is 0 Å². The molecule has 0 radical (unpaired) electrons. The Kier molecular flexibility index (Phi) is 8.29. The zero-order valence-electron chi connectivity index (χ0n) is 18.9. The van der Waals surface area contributed by atoms with Crippen molar-refractivity contribution in [3.63, 3.8) is 0 Å². The first-order valence-corrected chi connectivity index (χ1v) is 18.3. The molecule has 2 aromatic carbocycles. The zero-order chi connectivity index (χ0) is 20.1. The van der Waals surface area contributed by atoms with E-state index in [1.165, 1.54) is 17.5 Å². The van der Waals surface area contributed by atoms with Gasteiger partial charge in [-0.3, -0.25) is 0 Å². The number of rotatable bonds is 2. The van der Waals surface area contributed by atoms with Crippen LogP contribution in [0.3, 0.4) is 0 Å². The van der Waals surface area contributed by atoms with Crippen LogP contribution in [-0.4, -0.2) is 5.43 Å². The van der Waals surface area contributed by atoms with Gasteiger partial charge in [-0.1, -0.05) is 0 Å². The van der Waals surface area contributed by atoms with Crippen LogP contribution in [-0.2, 0) is 20.4 Å². The van der Waals surface area contributed by atoms with Crippen LogP contribution in [0, 0.1) is 0 Å². The Hall–Kier alpha value is -0.400. The standard InChI is InChI=1S/C13H9.C8H18Si.C5H5.2ClH.Zr/c1-3-7-12-10(5-1)9-11-6-2-4-8-13(11)12;1-7(2,3)9-8(4,5)6;1-2-4-5-3-1;;;/h1-9H;1-6H3;1-3H,4H2;2*1H;/q;;;;;+2/p-2. The number of allylic oxidation sites excluding steroid dienone is 4. The van der Waals surface area contributed by atoms with Gasteiger partial charge in [-0.2, -0.15) is 0 Å². The van der Waals surface area contributed by atoms with Crippen molar-refractivity contribution in [1.29, 1.82) is 0 Å². The summed E-state index contributed by atoms with van der Waals surface area (Å²) in [5.41, 5.74) is 5.67. The first kappa shape index (κ1) is 25.9. The Bertz CT molecular complexity index is 958. The fourth-order valence-corrected chi connectivity index (χ4v) is 34.5. The number of fused-ring (bicyclic) bond motifs is 3. The minimum atomic E-state index is -2.06. The molecule has 0 bridgehead atoms. The van der Waals surface area contributed by atoms with Crippen LogP contribution in [0.4, 0.5) is 0 Å². The summed E-state index contributed by atoms with van der Waals surface area (Å²) in [4.78, 5) is 0. The first-order chi connectivity index (χ1) is 13.2. The molecule has 0 unspecified atom stereocenters. The van der Waals surface area contributed by atoms with Crippen LogP contribution < -0.4 is 24.8 Å². The number of hydrogen-bond donors (Lipinski definition) is 0. The largest absolute Gasteiger partial charge is 1.00 e. The molecule has 0 amide bonds. The van der Waals surface area contributed by atoms with Gasteiger partial charge >= 0.3 is 180 Å². The fraction of sp³-hybridized carbons (Fsp3) is 0.385. The molecule has 0 saturated heterocycles. The Morgan fingerprint density at radius 3 is 1.63 bits per heavy atom. The number of halogens is 2. The third-order valence-corrected chi connectivity index (χ3v) is 33.7. The van der Waals surface area contributed by atoms with Crippen LogP contribution in [0.25, 0.3) is 11.1 Å². The van der Waals surface area contributed by atoms with Gasteiger partial charge in [0.1, 0.15) is 0 Å². The fourth-order valence-electron chi connectivity index (χ4n) is 5.54. The summed E-state index contributed by atoms with van der Waals surface area (Å²) in [6.07, 6.45) is 8.44. The van der Waals surface area contributed by atoms with E-state index in [-0.39, 0.29) is 24.8 Å². The molecule has 2 aliphatic carbocycles. The Morgan fingerprint density at radius 2 is 1.23 bits per heavy atom. The summed E-state index contributed by atoms with van der Waals surface area (Å²) >= 11 is -2.06. The van der Waals surface area contributed by atoms with E-state index in [9.17, 15) is 0 Å². The van der Waals surface area contributed by atoms with Crippen molar-refractivity contribution >= 4 is 5.43 Å². The summed E-state index contributed by atoms with van der Waals surface area (Å²) in [5, 5.41) is 0.821. The monoisotopic (exact) mass is 532 g/mol. The molecule has 0 atom stereocenters. The number of benzene rings is 2. The van der Waals surface area contributed by atoms with Crippen molar-refractivity contribution in [2.24, 2.45) is 0 Å². The average Bonchev–Trinajstić information content (AvgIpc) is 3.24. The molecule has 2 aliphatic rings. The molecule has 0 fully saturated rings. The van der Waals surface area contributed by atoms with E-state index in [0.29, 0.717) is 13.7 Å². The minimum absolute atomic E-state index is 0. The Labute approximate surface area is 203 Å². The van der Waals surface area contributed by atoms with Crippen molar-refractivity contribution in [2.75, 3.05) is 0 Å². The van der Waals surface area contributed by atoms with Crippen LogP contribution in [0.15, 0.2) is 70.0 Å². The molecule has 2 aromatic rings. The second kappa shape index (κ2) is 9.62. The van der Waals surface area contributed by atoms with Crippen molar-refractivity contribution < 1.29 is 45.2 Å². The molecule has 0 N–H and O–H groups in total. The molecule has 0 spiro atoms. The van der Waals surface area contributed by atoms with Gasteiger partial charge in [0.15, 0.2) is 0 Å². The van der Waals surface area contributed by atoms with E-state index in [4.69, 9.17) is 0 Å². The van der Waals surface area contributed by atoms with Crippen molar-refractivity contribution in [1.82, 2.24) is 0 Å². The summed E-state index contributed by atoms with van der Waals surface area (Å²) in [7, 11) is 0. The predicted octanol–water partition coefficient (Wildman–Crippen LogP) is 1.82. The van der Waals surface area contributed by atoms with Crippen LogP contribution in [0.1, 0.15) is 62.7 Å². The molecule has 4 rings (SSSR count). The van der Waals surface area contributed by atoms with Crippen molar-refractivity contribution in [2.45, 2.75) is 61.7 Å². The van der Waals surface area contributed by atoms with Gasteiger partial charge in [0.05, 0.1) is 0 Å². The molecular weight excluding hydrogens is 503 g/mol. The van der Waals surface area contributed by atoms with Crippen LogP contribution in [0.2, 0.25) is 10.1 Å². The van der Waals surface area contributed by atoms with Gasteiger partial charge in [0.2, 0.25) is 0 Å². The van der Waals surface area contributed by atoms with E-state index in [2.05, 4.69) is 108 Å². The molecule has 0 saturated carbocycles. The van der Waals surface area contributed by atoms with E-state index in [1.807, 2.05) is 3.28 Å². The SMILES string of the molecule is CC(C)(C)[Si](=[Zr+2]([C]1=CC=CC1)[CH]1c2ccccc2-c2ccccc21)C(C)(C)C.[Cl-].[Cl-]. The summed E-state index contributed by atoms with van der Waals surface area (Å²) < 4.78 is 2.52. The molecule has 0 nitrogen and oxygen atoms in total. The maximum atomic E-state index is 2.53. The maximum Gasteiger partial charge on any atom is -1.00 e. The zero-order valence-corrected chi connectivity index (χ0v) is 23.9. The molecule has 4 heteroatoms. The van der Waals surface area contributed by atoms with Gasteiger partial charge in [0.25, 0.3) is 0 Å². The predicted molar refractivity (Wildman–Crippen MR) is 121 cm³/mol. The Morgan fingerprint density at radius 1 is 0.767 bits per heavy atom. The maximum absolute atomic E-state index is 2.53. The molecular formula is C26H32Cl2SiZr. The summed E-state index contributed by atoms with van der Waals surface area (Å²) in [6, 6.07) is 18.6. The number of hydrogen-bond acceptors (Lipinski definition) is 0. The molecule has 0 aromatic heterocycles. The third kappa shape index (κ3) is 4.68. The quantitative estimate of drug-likeness (QED) is 0.516. The molecule has 0 aliphatic heterocycles. The second-order valence-electron chi connectivity index (χ2n) is 10.2. The smallest absolute Gasteiger partial charge is 1.00 e. The molecule has 0 heterocycles. The first-order valence-electron chi connectivity index (χ1n) is 10.5. The van der Waals surface area contributed by atoms with Gasteiger partial charge in [-0.15, -0.1) is 0 Å². The van der Waals surface area contributed by atoms with Gasteiger partial charge < -0.3 is 24.8 Å². The van der Waals surface area contributed by atoms with E-state index >= 15 is 0 Å². The molecule has 30 heavy (non-hydrogen) atoms. The average molecular weight is 535 g/mol. The van der Waals surface area contributed by atoms with Crippen molar-refractivity contribution in [3.8, 4) is 11.1 Å². The Balaban J connectivity index is 0.00000160. The topological polar surface area (TPSA) is 0 Å². The summed E-state index contributed by atoms with van der Waals surface area (Å²) in [5.74, 6) is 0. The third-order valence-electron chi connectivity index (χ3n) is 6.01. The van der Waals surface area contributed by atoms with E-state index < -0.39 is 25.8 Å². The van der Waals surface area contributed by atoms with Gasteiger partial charge in [-0.25, -0.2) is 0 Å². The second-order valence-corrected chi connectivity index (χ2v) is 25.9. The van der Waals surface area contributed by atoms with Gasteiger partial charge in [0, 0.05) is 0 Å². The van der Waals surface area contributed by atoms with Gasteiger partial charge in [-0.05, 0) is 0 Å². The summed E-state index contributed by atoms with van der Waals surface area (Å²) in [6.45, 7) is 15.2. The van der Waals surface area contributed by atoms with Crippen LogP contribution >= 0.6 is 0 Å². The minimum Gasteiger partial charge on any atom is -1.00 e. The molecule has 158 valence electrons. The van der Waals surface area contributed by atoms with E-state index in [1.54, 1.807) is 11.1 Å². The van der Waals surface area contributed by atoms with Crippen LogP contribution in [0.5, 0.6) is 0 Å². The normalized spacial score (nSPS) is 14.6.